The van der Waals surface area contributed by atoms with Gasteiger partial charge in [0.15, 0.2) is 0 Å². The van der Waals surface area contributed by atoms with E-state index >= 15 is 0 Å². The Balaban J connectivity index is 1.62. The number of carbonyl (C=O) groups excluding carboxylic acids is 1. The first-order valence-corrected chi connectivity index (χ1v) is 8.51. The van der Waals surface area contributed by atoms with Crippen LogP contribution < -0.4 is 5.32 Å². The van der Waals surface area contributed by atoms with Gasteiger partial charge in [0, 0.05) is 11.9 Å². The Labute approximate surface area is 144 Å². The second kappa shape index (κ2) is 7.27. The zero-order valence-corrected chi connectivity index (χ0v) is 14.4. The summed E-state index contributed by atoms with van der Waals surface area (Å²) in [6.45, 7) is 2.56. The fourth-order valence-electron chi connectivity index (χ4n) is 2.35. The zero-order valence-electron chi connectivity index (χ0n) is 13.6. The van der Waals surface area contributed by atoms with E-state index in [0.29, 0.717) is 6.54 Å². The van der Waals surface area contributed by atoms with Gasteiger partial charge in [-0.2, -0.15) is 5.10 Å². The molecule has 0 radical (unpaired) electrons. The van der Waals surface area contributed by atoms with Crippen LogP contribution in [-0.2, 0) is 6.54 Å². The Bertz CT molecular complexity index is 768. The molecule has 0 spiro atoms. The topological polar surface area (TPSA) is 63.1 Å². The summed E-state index contributed by atoms with van der Waals surface area (Å²) in [5.74, 6) is 0. The Morgan fingerprint density at radius 2 is 2.12 bits per heavy atom. The molecule has 1 aromatic carbocycles. The summed E-state index contributed by atoms with van der Waals surface area (Å²) >= 11 is 1.64. The Morgan fingerprint density at radius 3 is 2.75 bits per heavy atom. The normalized spacial score (nSPS) is 11.9. The van der Waals surface area contributed by atoms with Crippen LogP contribution in [0.1, 0.15) is 23.4 Å². The third-order valence-electron chi connectivity index (χ3n) is 3.95. The van der Waals surface area contributed by atoms with Gasteiger partial charge in [-0.25, -0.2) is 14.5 Å². The van der Waals surface area contributed by atoms with E-state index in [1.807, 2.05) is 48.7 Å². The number of rotatable bonds is 5. The minimum Gasteiger partial charge on any atom is -0.333 e. The van der Waals surface area contributed by atoms with Crippen molar-refractivity contribution < 1.29 is 4.79 Å². The van der Waals surface area contributed by atoms with Crippen LogP contribution in [0.2, 0.25) is 0 Å². The van der Waals surface area contributed by atoms with Crippen LogP contribution in [0.15, 0.2) is 54.4 Å². The van der Waals surface area contributed by atoms with Gasteiger partial charge < -0.3 is 10.2 Å². The fourth-order valence-corrected chi connectivity index (χ4v) is 2.99. The summed E-state index contributed by atoms with van der Waals surface area (Å²) in [6.07, 6.45) is 3.16. The number of nitrogens with one attached hydrogen (secondary N) is 1. The molecular formula is C17H19N5OS. The molecule has 6 nitrogen and oxygen atoms in total. The van der Waals surface area contributed by atoms with Gasteiger partial charge in [-0.05, 0) is 36.1 Å². The molecule has 1 unspecified atom stereocenters. The Morgan fingerprint density at radius 1 is 1.33 bits per heavy atom. The van der Waals surface area contributed by atoms with Gasteiger partial charge in [-0.3, -0.25) is 0 Å². The van der Waals surface area contributed by atoms with Crippen molar-refractivity contribution in [1.29, 1.82) is 0 Å². The van der Waals surface area contributed by atoms with Gasteiger partial charge in [0.25, 0.3) is 0 Å². The molecule has 2 aromatic heterocycles. The second-order valence-electron chi connectivity index (χ2n) is 5.46. The lowest BCUT2D eigenvalue weighted by atomic mass is 10.1. The smallest absolute Gasteiger partial charge is 0.317 e. The lowest BCUT2D eigenvalue weighted by Gasteiger charge is -2.25. The molecule has 0 saturated heterocycles. The molecule has 24 heavy (non-hydrogen) atoms. The van der Waals surface area contributed by atoms with E-state index in [-0.39, 0.29) is 12.1 Å². The number of urea groups is 1. The van der Waals surface area contributed by atoms with Crippen molar-refractivity contribution in [3.05, 3.63) is 64.9 Å². The van der Waals surface area contributed by atoms with Crippen molar-refractivity contribution in [3.8, 4) is 5.69 Å². The molecule has 0 aliphatic rings. The first kappa shape index (κ1) is 16.2. The van der Waals surface area contributed by atoms with Crippen LogP contribution in [0.4, 0.5) is 4.79 Å². The van der Waals surface area contributed by atoms with Gasteiger partial charge in [0.1, 0.15) is 12.7 Å². The number of thiophene rings is 1. The summed E-state index contributed by atoms with van der Waals surface area (Å²) in [5, 5.41) is 9.05. The lowest BCUT2D eigenvalue weighted by Crippen LogP contribution is -2.38. The number of aromatic nitrogens is 3. The third kappa shape index (κ3) is 3.62. The van der Waals surface area contributed by atoms with Crippen LogP contribution >= 0.6 is 11.3 Å². The van der Waals surface area contributed by atoms with Gasteiger partial charge in [0.2, 0.25) is 0 Å². The maximum Gasteiger partial charge on any atom is 0.317 e. The standard InChI is InChI=1S/C17H19N5OS/c1-13(21(2)17(23)19-10-16-4-3-9-24-16)14-5-7-15(8-6-14)22-12-18-11-20-22/h3-9,11-13H,10H2,1-2H3,(H,19,23). The SMILES string of the molecule is CC(c1ccc(-n2cncn2)cc1)N(C)C(=O)NCc1cccs1. The quantitative estimate of drug-likeness (QED) is 0.775. The summed E-state index contributed by atoms with van der Waals surface area (Å²) < 4.78 is 1.70. The number of hydrogen-bond acceptors (Lipinski definition) is 4. The summed E-state index contributed by atoms with van der Waals surface area (Å²) in [5.41, 5.74) is 2.00. The molecule has 7 heteroatoms. The lowest BCUT2D eigenvalue weighted by molar-refractivity contribution is 0.194. The minimum atomic E-state index is -0.0868. The summed E-state index contributed by atoms with van der Waals surface area (Å²) in [7, 11) is 1.81. The van der Waals surface area contributed by atoms with Crippen LogP contribution in [-0.4, -0.2) is 32.7 Å². The van der Waals surface area contributed by atoms with Crippen molar-refractivity contribution >= 4 is 17.4 Å². The molecule has 0 bridgehead atoms. The number of nitrogens with zero attached hydrogens (tertiary/aromatic N) is 4. The molecule has 2 heterocycles. The monoisotopic (exact) mass is 341 g/mol. The highest BCUT2D eigenvalue weighted by Gasteiger charge is 2.17. The predicted molar refractivity (Wildman–Crippen MR) is 94.1 cm³/mol. The van der Waals surface area contributed by atoms with Gasteiger partial charge in [-0.1, -0.05) is 18.2 Å². The first-order valence-electron chi connectivity index (χ1n) is 7.63. The van der Waals surface area contributed by atoms with Gasteiger partial charge in [-0.15, -0.1) is 11.3 Å². The summed E-state index contributed by atoms with van der Waals surface area (Å²) in [4.78, 5) is 19.1. The molecule has 3 rings (SSSR count). The van der Waals surface area contributed by atoms with Crippen molar-refractivity contribution in [2.45, 2.75) is 19.5 Å². The highest BCUT2D eigenvalue weighted by atomic mass is 32.1. The zero-order chi connectivity index (χ0) is 16.9. The average Bonchev–Trinajstić information content (AvgIpc) is 3.32. The van der Waals surface area contributed by atoms with Crippen molar-refractivity contribution in [3.63, 3.8) is 0 Å². The predicted octanol–water partition coefficient (Wildman–Crippen LogP) is 3.23. The van der Waals surface area contributed by atoms with E-state index in [1.54, 1.807) is 34.3 Å². The molecule has 0 fully saturated rings. The molecule has 0 saturated carbocycles. The maximum absolute atomic E-state index is 12.3. The number of carbonyl (C=O) groups is 1. The van der Waals surface area contributed by atoms with Gasteiger partial charge in [0.05, 0.1) is 18.3 Å². The number of hydrogen-bond donors (Lipinski definition) is 1. The van der Waals surface area contributed by atoms with Crippen LogP contribution in [0.5, 0.6) is 0 Å². The van der Waals surface area contributed by atoms with Crippen LogP contribution in [0.25, 0.3) is 5.69 Å². The molecular weight excluding hydrogens is 322 g/mol. The Kier molecular flexibility index (Phi) is 4.90. The molecule has 1 atom stereocenters. The van der Waals surface area contributed by atoms with E-state index in [4.69, 9.17) is 0 Å². The number of benzene rings is 1. The summed E-state index contributed by atoms with van der Waals surface area (Å²) in [6, 6.07) is 11.8. The first-order chi connectivity index (χ1) is 11.6. The largest absolute Gasteiger partial charge is 0.333 e. The highest BCUT2D eigenvalue weighted by molar-refractivity contribution is 7.09. The average molecular weight is 341 g/mol. The highest BCUT2D eigenvalue weighted by Crippen LogP contribution is 2.20. The van der Waals surface area contributed by atoms with Gasteiger partial charge >= 0.3 is 6.03 Å². The number of amides is 2. The van der Waals surface area contributed by atoms with E-state index in [2.05, 4.69) is 15.4 Å². The Hall–Kier alpha value is -2.67. The maximum atomic E-state index is 12.3. The fraction of sp³-hybridized carbons (Fsp3) is 0.235. The second-order valence-corrected chi connectivity index (χ2v) is 6.49. The third-order valence-corrected chi connectivity index (χ3v) is 4.83. The van der Waals surface area contributed by atoms with E-state index < -0.39 is 0 Å². The van der Waals surface area contributed by atoms with Crippen LogP contribution in [0.3, 0.4) is 0 Å². The van der Waals surface area contributed by atoms with E-state index in [0.717, 1.165) is 16.1 Å². The molecule has 0 aliphatic heterocycles. The van der Waals surface area contributed by atoms with Crippen molar-refractivity contribution in [2.24, 2.45) is 0 Å². The molecule has 3 aromatic rings. The van der Waals surface area contributed by atoms with E-state index in [9.17, 15) is 4.79 Å². The van der Waals surface area contributed by atoms with Crippen molar-refractivity contribution in [2.75, 3.05) is 7.05 Å². The molecule has 0 aliphatic carbocycles. The van der Waals surface area contributed by atoms with Crippen LogP contribution in [0, 0.1) is 0 Å². The van der Waals surface area contributed by atoms with E-state index in [1.165, 1.54) is 6.33 Å². The molecule has 2 amide bonds. The van der Waals surface area contributed by atoms with Crippen molar-refractivity contribution in [1.82, 2.24) is 25.0 Å². The molecule has 1 N–H and O–H groups in total. The minimum absolute atomic E-state index is 0.0295. The molecule has 124 valence electrons.